The van der Waals surface area contributed by atoms with Crippen molar-refractivity contribution in [3.8, 4) is 0 Å². The Balaban J connectivity index is 2.21. The molecule has 16 heavy (non-hydrogen) atoms. The average Bonchev–Trinajstić information content (AvgIpc) is 2.69. The monoisotopic (exact) mass is 239 g/mol. The highest BCUT2D eigenvalue weighted by molar-refractivity contribution is 7.11. The van der Waals surface area contributed by atoms with E-state index in [0.717, 1.165) is 32.7 Å². The minimum absolute atomic E-state index is 0.726. The van der Waals surface area contributed by atoms with Gasteiger partial charge in [0.2, 0.25) is 0 Å². The second-order valence-corrected chi connectivity index (χ2v) is 5.16. The van der Waals surface area contributed by atoms with Gasteiger partial charge in [-0.15, -0.1) is 17.9 Å². The van der Waals surface area contributed by atoms with Gasteiger partial charge >= 0.3 is 0 Å². The molecule has 90 valence electrons. The SMILES string of the molecule is C=C(C)CCOCc1ccc(CNCC)s1. The molecule has 1 heterocycles. The van der Waals surface area contributed by atoms with E-state index in [1.807, 2.05) is 18.3 Å². The fraction of sp³-hybridized carbons (Fsp3) is 0.538. The van der Waals surface area contributed by atoms with E-state index in [1.54, 1.807) is 0 Å². The van der Waals surface area contributed by atoms with E-state index in [2.05, 4.69) is 31.0 Å². The Labute approximate surface area is 102 Å². The van der Waals surface area contributed by atoms with Crippen LogP contribution in [0.1, 0.15) is 30.0 Å². The zero-order chi connectivity index (χ0) is 11.8. The molecule has 0 bridgehead atoms. The third-order valence-corrected chi connectivity index (χ3v) is 3.24. The maximum atomic E-state index is 5.58. The van der Waals surface area contributed by atoms with Crippen LogP contribution in [0.15, 0.2) is 24.3 Å². The summed E-state index contributed by atoms with van der Waals surface area (Å²) in [5, 5.41) is 3.32. The van der Waals surface area contributed by atoms with Crippen LogP contribution in [0.2, 0.25) is 0 Å². The molecule has 0 aliphatic heterocycles. The second kappa shape index (κ2) is 7.60. The lowest BCUT2D eigenvalue weighted by Gasteiger charge is -2.01. The lowest BCUT2D eigenvalue weighted by atomic mass is 10.3. The molecule has 0 atom stereocenters. The normalized spacial score (nSPS) is 10.6. The summed E-state index contributed by atoms with van der Waals surface area (Å²) in [5.74, 6) is 0. The molecule has 1 N–H and O–H groups in total. The quantitative estimate of drug-likeness (QED) is 0.555. The largest absolute Gasteiger partial charge is 0.376 e. The summed E-state index contributed by atoms with van der Waals surface area (Å²) in [6.07, 6.45) is 0.954. The van der Waals surface area contributed by atoms with E-state index in [0.29, 0.717) is 0 Å². The number of rotatable bonds is 8. The molecule has 0 aliphatic rings. The number of hydrogen-bond acceptors (Lipinski definition) is 3. The molecule has 1 aromatic rings. The lowest BCUT2D eigenvalue weighted by molar-refractivity contribution is 0.126. The van der Waals surface area contributed by atoms with Gasteiger partial charge in [0.15, 0.2) is 0 Å². The highest BCUT2D eigenvalue weighted by Crippen LogP contribution is 2.17. The molecule has 0 amide bonds. The summed E-state index contributed by atoms with van der Waals surface area (Å²) in [4.78, 5) is 2.68. The van der Waals surface area contributed by atoms with Crippen LogP contribution in [-0.2, 0) is 17.9 Å². The van der Waals surface area contributed by atoms with Gasteiger partial charge in [-0.2, -0.15) is 0 Å². The van der Waals surface area contributed by atoms with Gasteiger partial charge in [-0.1, -0.05) is 12.5 Å². The molecule has 2 nitrogen and oxygen atoms in total. The topological polar surface area (TPSA) is 21.3 Å². The molecule has 0 saturated carbocycles. The van der Waals surface area contributed by atoms with Gasteiger partial charge in [0.05, 0.1) is 13.2 Å². The third kappa shape index (κ3) is 5.45. The van der Waals surface area contributed by atoms with E-state index >= 15 is 0 Å². The van der Waals surface area contributed by atoms with Crippen molar-refractivity contribution in [1.82, 2.24) is 5.32 Å². The van der Waals surface area contributed by atoms with E-state index in [-0.39, 0.29) is 0 Å². The van der Waals surface area contributed by atoms with Crippen LogP contribution in [0, 0.1) is 0 Å². The molecule has 0 saturated heterocycles. The van der Waals surface area contributed by atoms with Gasteiger partial charge in [-0.05, 0) is 32.0 Å². The van der Waals surface area contributed by atoms with Gasteiger partial charge in [-0.25, -0.2) is 0 Å². The van der Waals surface area contributed by atoms with E-state index in [1.165, 1.54) is 15.3 Å². The number of hydrogen-bond donors (Lipinski definition) is 1. The van der Waals surface area contributed by atoms with Crippen LogP contribution in [0.5, 0.6) is 0 Å². The minimum Gasteiger partial charge on any atom is -0.376 e. The maximum Gasteiger partial charge on any atom is 0.0809 e. The minimum atomic E-state index is 0.726. The molecular weight excluding hydrogens is 218 g/mol. The molecule has 0 aliphatic carbocycles. The molecular formula is C13H21NOS. The van der Waals surface area contributed by atoms with Crippen molar-refractivity contribution in [3.05, 3.63) is 34.0 Å². The summed E-state index contributed by atoms with van der Waals surface area (Å²) >= 11 is 1.82. The van der Waals surface area contributed by atoms with Crippen molar-refractivity contribution in [2.75, 3.05) is 13.2 Å². The summed E-state index contributed by atoms with van der Waals surface area (Å²) < 4.78 is 5.58. The van der Waals surface area contributed by atoms with E-state index < -0.39 is 0 Å². The first-order chi connectivity index (χ1) is 7.72. The number of nitrogens with one attached hydrogen (secondary N) is 1. The van der Waals surface area contributed by atoms with Crippen molar-refractivity contribution in [1.29, 1.82) is 0 Å². The maximum absolute atomic E-state index is 5.58. The Morgan fingerprint density at radius 2 is 2.19 bits per heavy atom. The fourth-order valence-electron chi connectivity index (χ4n) is 1.26. The van der Waals surface area contributed by atoms with Crippen LogP contribution in [0.25, 0.3) is 0 Å². The van der Waals surface area contributed by atoms with Crippen molar-refractivity contribution < 1.29 is 4.74 Å². The third-order valence-electron chi connectivity index (χ3n) is 2.18. The Hall–Kier alpha value is -0.640. The van der Waals surface area contributed by atoms with Crippen LogP contribution < -0.4 is 5.32 Å². The molecule has 1 rings (SSSR count). The van der Waals surface area contributed by atoms with Crippen molar-refractivity contribution >= 4 is 11.3 Å². The van der Waals surface area contributed by atoms with Crippen LogP contribution in [0.3, 0.4) is 0 Å². The molecule has 0 unspecified atom stereocenters. The predicted octanol–water partition coefficient (Wildman–Crippen LogP) is 3.34. The summed E-state index contributed by atoms with van der Waals surface area (Å²) in [5.41, 5.74) is 1.18. The van der Waals surface area contributed by atoms with Crippen LogP contribution >= 0.6 is 11.3 Å². The van der Waals surface area contributed by atoms with Gasteiger partial charge in [-0.3, -0.25) is 0 Å². The van der Waals surface area contributed by atoms with Gasteiger partial charge in [0.1, 0.15) is 0 Å². The van der Waals surface area contributed by atoms with Crippen molar-refractivity contribution in [3.63, 3.8) is 0 Å². The smallest absolute Gasteiger partial charge is 0.0809 e. The number of ether oxygens (including phenoxy) is 1. The Morgan fingerprint density at radius 3 is 2.88 bits per heavy atom. The van der Waals surface area contributed by atoms with Crippen molar-refractivity contribution in [2.45, 2.75) is 33.4 Å². The highest BCUT2D eigenvalue weighted by Gasteiger charge is 1.99. The molecule has 3 heteroatoms. The van der Waals surface area contributed by atoms with Gasteiger partial charge in [0.25, 0.3) is 0 Å². The first-order valence-corrected chi connectivity index (χ1v) is 6.54. The average molecular weight is 239 g/mol. The molecule has 0 aromatic carbocycles. The van der Waals surface area contributed by atoms with Crippen molar-refractivity contribution in [2.24, 2.45) is 0 Å². The zero-order valence-electron chi connectivity index (χ0n) is 10.2. The van der Waals surface area contributed by atoms with Crippen LogP contribution in [0.4, 0.5) is 0 Å². The Bertz CT molecular complexity index is 319. The summed E-state index contributed by atoms with van der Waals surface area (Å²) in [6.45, 7) is 11.5. The zero-order valence-corrected chi connectivity index (χ0v) is 11.0. The fourth-order valence-corrected chi connectivity index (χ4v) is 2.19. The summed E-state index contributed by atoms with van der Waals surface area (Å²) in [7, 11) is 0. The Morgan fingerprint density at radius 1 is 1.44 bits per heavy atom. The summed E-state index contributed by atoms with van der Waals surface area (Å²) in [6, 6.07) is 4.32. The highest BCUT2D eigenvalue weighted by atomic mass is 32.1. The Kier molecular flexibility index (Phi) is 6.38. The van der Waals surface area contributed by atoms with Crippen LogP contribution in [-0.4, -0.2) is 13.2 Å². The first-order valence-electron chi connectivity index (χ1n) is 5.72. The molecule has 0 fully saturated rings. The lowest BCUT2D eigenvalue weighted by Crippen LogP contribution is -2.10. The molecule has 0 radical (unpaired) electrons. The van der Waals surface area contributed by atoms with Gasteiger partial charge in [0, 0.05) is 16.3 Å². The molecule has 1 aromatic heterocycles. The van der Waals surface area contributed by atoms with E-state index in [9.17, 15) is 0 Å². The predicted molar refractivity (Wildman–Crippen MR) is 70.8 cm³/mol. The van der Waals surface area contributed by atoms with E-state index in [4.69, 9.17) is 4.74 Å². The standard InChI is InChI=1S/C13H21NOS/c1-4-14-9-12-5-6-13(16-12)10-15-8-7-11(2)3/h5-6,14H,2,4,7-10H2,1,3H3. The molecule has 0 spiro atoms. The second-order valence-electron chi connectivity index (χ2n) is 3.91. The number of thiophene rings is 1. The first kappa shape index (κ1) is 13.4. The van der Waals surface area contributed by atoms with Gasteiger partial charge < -0.3 is 10.1 Å².